The molecule has 0 radical (unpaired) electrons. The van der Waals surface area contributed by atoms with Crippen molar-refractivity contribution < 1.29 is 33.3 Å². The number of carbonyl (C=O) groups is 3. The fourth-order valence-corrected chi connectivity index (χ4v) is 4.32. The quantitative estimate of drug-likeness (QED) is 0.419. The molecule has 0 aromatic heterocycles. The molecule has 9 nitrogen and oxygen atoms in total. The van der Waals surface area contributed by atoms with Crippen molar-refractivity contribution in [2.45, 2.75) is 30.6 Å². The Hall–Kier alpha value is -4.05. The number of ether oxygens (including phenoxy) is 4. The van der Waals surface area contributed by atoms with Crippen molar-refractivity contribution in [3.8, 4) is 0 Å². The minimum absolute atomic E-state index is 0.000461. The molecule has 5 atom stereocenters. The highest BCUT2D eigenvalue weighted by Crippen LogP contribution is 2.27. The van der Waals surface area contributed by atoms with Crippen LogP contribution in [0.1, 0.15) is 31.1 Å². The van der Waals surface area contributed by atoms with Gasteiger partial charge in [-0.25, -0.2) is 4.79 Å². The van der Waals surface area contributed by atoms with E-state index in [1.165, 1.54) is 14.2 Å². The summed E-state index contributed by atoms with van der Waals surface area (Å²) in [5.41, 5.74) is 1.25. The van der Waals surface area contributed by atoms with Crippen molar-refractivity contribution in [1.29, 1.82) is 0 Å². The Morgan fingerprint density at radius 1 is 0.711 bits per heavy atom. The first-order valence-electron chi connectivity index (χ1n) is 12.2. The first-order chi connectivity index (χ1) is 18.5. The lowest BCUT2D eigenvalue weighted by Crippen LogP contribution is -2.66. The van der Waals surface area contributed by atoms with Gasteiger partial charge in [-0.3, -0.25) is 9.59 Å². The molecule has 2 amide bonds. The van der Waals surface area contributed by atoms with E-state index in [9.17, 15) is 14.4 Å². The van der Waals surface area contributed by atoms with Crippen LogP contribution in [0.25, 0.3) is 0 Å². The number of esters is 1. The summed E-state index contributed by atoms with van der Waals surface area (Å²) in [6.45, 7) is -0.000461. The van der Waals surface area contributed by atoms with Crippen molar-refractivity contribution in [3.05, 3.63) is 108 Å². The van der Waals surface area contributed by atoms with E-state index < -0.39 is 36.6 Å². The number of nitrogens with one attached hydrogen (secondary N) is 2. The Morgan fingerprint density at radius 3 is 1.76 bits per heavy atom. The van der Waals surface area contributed by atoms with Crippen LogP contribution in [0.15, 0.2) is 91.0 Å². The molecule has 38 heavy (non-hydrogen) atoms. The van der Waals surface area contributed by atoms with E-state index in [0.29, 0.717) is 16.7 Å². The number of carbonyl (C=O) groups excluding carboxylic acids is 3. The van der Waals surface area contributed by atoms with Crippen molar-refractivity contribution in [2.75, 3.05) is 20.8 Å². The van der Waals surface area contributed by atoms with Crippen LogP contribution in [0, 0.1) is 0 Å². The summed E-state index contributed by atoms with van der Waals surface area (Å²) < 4.78 is 23.4. The molecule has 1 unspecified atom stereocenters. The molecule has 1 saturated heterocycles. The lowest BCUT2D eigenvalue weighted by Gasteiger charge is -2.45. The van der Waals surface area contributed by atoms with E-state index in [4.69, 9.17) is 18.9 Å². The van der Waals surface area contributed by atoms with Crippen molar-refractivity contribution in [3.63, 3.8) is 0 Å². The Balaban J connectivity index is 1.58. The molecule has 3 aromatic carbocycles. The molecular weight excluding hydrogens is 488 g/mol. The largest absolute Gasteiger partial charge is 0.453 e. The van der Waals surface area contributed by atoms with E-state index in [1.54, 1.807) is 78.9 Å². The van der Waals surface area contributed by atoms with E-state index >= 15 is 0 Å². The zero-order chi connectivity index (χ0) is 26.9. The number of hydrogen-bond acceptors (Lipinski definition) is 7. The molecule has 0 saturated carbocycles. The number of hydrogen-bond donors (Lipinski definition) is 2. The lowest BCUT2D eigenvalue weighted by molar-refractivity contribution is -0.257. The Kier molecular flexibility index (Phi) is 9.21. The molecule has 1 aliphatic rings. The summed E-state index contributed by atoms with van der Waals surface area (Å²) in [5, 5.41) is 5.73. The second-order valence-electron chi connectivity index (χ2n) is 8.66. The van der Waals surface area contributed by atoms with Gasteiger partial charge in [0.2, 0.25) is 0 Å². The molecule has 1 aliphatic heterocycles. The second-order valence-corrected chi connectivity index (χ2v) is 8.66. The molecule has 0 aliphatic carbocycles. The fraction of sp³-hybridized carbons (Fsp3) is 0.276. The molecule has 198 valence electrons. The molecule has 3 aromatic rings. The van der Waals surface area contributed by atoms with Gasteiger partial charge in [0.25, 0.3) is 11.8 Å². The molecule has 0 spiro atoms. The van der Waals surface area contributed by atoms with Gasteiger partial charge in [-0.05, 0) is 36.4 Å². The predicted octanol–water partition coefficient (Wildman–Crippen LogP) is 2.83. The minimum atomic E-state index is -0.990. The minimum Gasteiger partial charge on any atom is -0.453 e. The number of rotatable bonds is 9. The highest BCUT2D eigenvalue weighted by molar-refractivity contribution is 5.95. The van der Waals surface area contributed by atoms with Gasteiger partial charge in [-0.15, -0.1) is 0 Å². The molecule has 1 fully saturated rings. The van der Waals surface area contributed by atoms with Gasteiger partial charge < -0.3 is 29.6 Å². The summed E-state index contributed by atoms with van der Waals surface area (Å²) in [5.74, 6) is -1.28. The maximum atomic E-state index is 13.0. The van der Waals surface area contributed by atoms with Crippen LogP contribution in [0.4, 0.5) is 0 Å². The fourth-order valence-electron chi connectivity index (χ4n) is 4.32. The van der Waals surface area contributed by atoms with E-state index in [0.717, 1.165) is 0 Å². The van der Waals surface area contributed by atoms with Crippen molar-refractivity contribution >= 4 is 17.8 Å². The molecule has 1 heterocycles. The van der Waals surface area contributed by atoms with Crippen LogP contribution in [0.2, 0.25) is 0 Å². The third kappa shape index (κ3) is 6.44. The van der Waals surface area contributed by atoms with Gasteiger partial charge in [-0.2, -0.15) is 0 Å². The number of benzene rings is 3. The first kappa shape index (κ1) is 27.0. The summed E-state index contributed by atoms with van der Waals surface area (Å²) in [4.78, 5) is 38.8. The third-order valence-electron chi connectivity index (χ3n) is 6.24. The van der Waals surface area contributed by atoms with Gasteiger partial charge in [-0.1, -0.05) is 54.6 Å². The number of methoxy groups -OCH3 is 2. The lowest BCUT2D eigenvalue weighted by atomic mass is 9.95. The van der Waals surface area contributed by atoms with Gasteiger partial charge in [0.15, 0.2) is 12.4 Å². The smallest absolute Gasteiger partial charge is 0.338 e. The zero-order valence-corrected chi connectivity index (χ0v) is 21.1. The average Bonchev–Trinajstić information content (AvgIpc) is 2.97. The predicted molar refractivity (Wildman–Crippen MR) is 139 cm³/mol. The SMILES string of the molecule is CO[C@@H]1O[C@H](CNC(=O)c2ccccc2)[C@H](OC(=O)c2ccccc2)[C@H](OC)C1NC(=O)c1ccccc1. The van der Waals surface area contributed by atoms with E-state index in [-0.39, 0.29) is 18.4 Å². The van der Waals surface area contributed by atoms with Gasteiger partial charge in [0.05, 0.1) is 5.56 Å². The standard InChI is InChI=1S/C29H30N2O7/c1-35-25-23(31-27(33)20-14-8-4-9-15-20)29(36-2)37-22(18-30-26(32)19-12-6-3-7-13-19)24(25)38-28(34)21-16-10-5-11-17-21/h3-17,22-25,29H,18H2,1-2H3,(H,30,32)(H,31,33)/t22-,23?,24+,25-,29-/m1/s1. The Bertz CT molecular complexity index is 1210. The normalized spacial score (nSPS) is 22.7. The van der Waals surface area contributed by atoms with Crippen LogP contribution >= 0.6 is 0 Å². The van der Waals surface area contributed by atoms with Gasteiger partial charge >= 0.3 is 5.97 Å². The molecule has 4 rings (SSSR count). The maximum Gasteiger partial charge on any atom is 0.338 e. The van der Waals surface area contributed by atoms with Crippen LogP contribution in [-0.4, -0.2) is 69.2 Å². The maximum absolute atomic E-state index is 13.0. The van der Waals surface area contributed by atoms with Crippen LogP contribution < -0.4 is 10.6 Å². The first-order valence-corrected chi connectivity index (χ1v) is 12.2. The van der Waals surface area contributed by atoms with Crippen LogP contribution in [0.3, 0.4) is 0 Å². The summed E-state index contributed by atoms with van der Waals surface area (Å²) in [6, 6.07) is 25.1. The number of amides is 2. The van der Waals surface area contributed by atoms with Crippen molar-refractivity contribution in [1.82, 2.24) is 10.6 Å². The monoisotopic (exact) mass is 518 g/mol. The molecular formula is C29H30N2O7. The van der Waals surface area contributed by atoms with E-state index in [1.807, 2.05) is 12.1 Å². The zero-order valence-electron chi connectivity index (χ0n) is 21.1. The summed E-state index contributed by atoms with van der Waals surface area (Å²) >= 11 is 0. The highest BCUT2D eigenvalue weighted by atomic mass is 16.7. The molecule has 0 bridgehead atoms. The molecule has 2 N–H and O–H groups in total. The van der Waals surface area contributed by atoms with Crippen LogP contribution in [0.5, 0.6) is 0 Å². The summed E-state index contributed by atoms with van der Waals surface area (Å²) in [6.07, 6.45) is -3.63. The molecule has 9 heteroatoms. The van der Waals surface area contributed by atoms with Gasteiger partial charge in [0.1, 0.15) is 18.2 Å². The van der Waals surface area contributed by atoms with Gasteiger partial charge in [0, 0.05) is 31.9 Å². The van der Waals surface area contributed by atoms with Crippen LogP contribution in [-0.2, 0) is 18.9 Å². The topological polar surface area (TPSA) is 112 Å². The summed E-state index contributed by atoms with van der Waals surface area (Å²) in [7, 11) is 2.89. The van der Waals surface area contributed by atoms with E-state index in [2.05, 4.69) is 10.6 Å². The third-order valence-corrected chi connectivity index (χ3v) is 6.24. The second kappa shape index (κ2) is 13.0. The Labute approximate surface area is 221 Å². The average molecular weight is 519 g/mol. The Morgan fingerprint density at radius 2 is 1.24 bits per heavy atom. The van der Waals surface area contributed by atoms with Crippen molar-refractivity contribution in [2.24, 2.45) is 0 Å². The highest BCUT2D eigenvalue weighted by Gasteiger charge is 2.49.